The summed E-state index contributed by atoms with van der Waals surface area (Å²) in [7, 11) is 0. The molecule has 1 aromatic carbocycles. The third-order valence-electron chi connectivity index (χ3n) is 2.81. The molecule has 3 N–H and O–H groups in total. The van der Waals surface area contributed by atoms with Gasteiger partial charge < -0.3 is 15.8 Å². The highest BCUT2D eigenvalue weighted by Crippen LogP contribution is 2.25. The molecular formula is C14H22N2O2S. The minimum Gasteiger partial charge on any atom is -0.493 e. The number of hydrogen-bond donors (Lipinski definition) is 2. The van der Waals surface area contributed by atoms with E-state index in [2.05, 4.69) is 19.2 Å². The minimum absolute atomic E-state index is 0.00895. The number of nitrogen functional groups attached to an aromatic ring is 1. The Hall–Kier alpha value is -1.36. The number of carbonyl (C=O) groups is 1. The number of nitrogens with two attached hydrogens (primary N) is 1. The number of amides is 1. The van der Waals surface area contributed by atoms with Crippen molar-refractivity contribution in [3.8, 4) is 5.75 Å². The molecule has 0 heterocycles. The van der Waals surface area contributed by atoms with Gasteiger partial charge in [-0.2, -0.15) is 11.8 Å². The zero-order valence-electron chi connectivity index (χ0n) is 11.9. The molecule has 1 amide bonds. The maximum Gasteiger partial charge on any atom is 0.257 e. The maximum atomic E-state index is 12.2. The van der Waals surface area contributed by atoms with E-state index < -0.39 is 0 Å². The van der Waals surface area contributed by atoms with Crippen molar-refractivity contribution >= 4 is 23.4 Å². The van der Waals surface area contributed by atoms with Crippen LogP contribution in [0.5, 0.6) is 5.75 Å². The fourth-order valence-electron chi connectivity index (χ4n) is 1.52. The summed E-state index contributed by atoms with van der Waals surface area (Å²) >= 11 is 1.71. The third-order valence-corrected chi connectivity index (χ3v) is 4.06. The highest BCUT2D eigenvalue weighted by atomic mass is 32.2. The molecule has 106 valence electrons. The summed E-state index contributed by atoms with van der Waals surface area (Å²) in [6, 6.07) is 5.24. The van der Waals surface area contributed by atoms with Gasteiger partial charge in [-0.25, -0.2) is 0 Å². The van der Waals surface area contributed by atoms with E-state index in [1.807, 2.05) is 13.2 Å². The Morgan fingerprint density at radius 3 is 2.74 bits per heavy atom. The van der Waals surface area contributed by atoms with Crippen LogP contribution in [-0.2, 0) is 0 Å². The lowest BCUT2D eigenvalue weighted by Gasteiger charge is -2.22. The van der Waals surface area contributed by atoms with E-state index in [1.165, 1.54) is 0 Å². The van der Waals surface area contributed by atoms with E-state index in [0.29, 0.717) is 30.2 Å². The van der Waals surface area contributed by atoms with Gasteiger partial charge in [0.1, 0.15) is 11.3 Å². The molecule has 0 spiro atoms. The smallest absolute Gasteiger partial charge is 0.257 e. The number of benzene rings is 1. The average Bonchev–Trinajstić information content (AvgIpc) is 2.37. The Morgan fingerprint density at radius 2 is 2.16 bits per heavy atom. The van der Waals surface area contributed by atoms with Crippen molar-refractivity contribution in [1.29, 1.82) is 0 Å². The third kappa shape index (κ3) is 4.35. The van der Waals surface area contributed by atoms with Crippen LogP contribution >= 0.6 is 11.8 Å². The molecule has 0 saturated carbocycles. The van der Waals surface area contributed by atoms with Crippen LogP contribution in [0.2, 0.25) is 0 Å². The van der Waals surface area contributed by atoms with Crippen molar-refractivity contribution in [3.63, 3.8) is 0 Å². The van der Waals surface area contributed by atoms with Gasteiger partial charge in [-0.05, 0) is 39.2 Å². The molecule has 1 aromatic rings. The van der Waals surface area contributed by atoms with Gasteiger partial charge >= 0.3 is 0 Å². The lowest BCUT2D eigenvalue weighted by molar-refractivity contribution is 0.0948. The van der Waals surface area contributed by atoms with Crippen LogP contribution in [0.25, 0.3) is 0 Å². The van der Waals surface area contributed by atoms with Crippen molar-refractivity contribution in [2.24, 2.45) is 0 Å². The molecule has 0 aliphatic heterocycles. The number of hydrogen-bond acceptors (Lipinski definition) is 4. The average molecular weight is 282 g/mol. The first-order valence-electron chi connectivity index (χ1n) is 6.26. The molecule has 0 bridgehead atoms. The standard InChI is InChI=1S/C14H22N2O2S/c1-5-18-11-8-6-7-10(15)12(11)13(17)16-9-14(2,3)19-4/h6-8H,5,9,15H2,1-4H3,(H,16,17). The van der Waals surface area contributed by atoms with E-state index in [1.54, 1.807) is 30.0 Å². The largest absolute Gasteiger partial charge is 0.493 e. The van der Waals surface area contributed by atoms with Crippen molar-refractivity contribution in [1.82, 2.24) is 5.32 Å². The van der Waals surface area contributed by atoms with Gasteiger partial charge in [-0.3, -0.25) is 4.79 Å². The molecule has 0 aliphatic carbocycles. The number of ether oxygens (including phenoxy) is 1. The second-order valence-corrected chi connectivity index (χ2v) is 6.31. The Bertz CT molecular complexity index is 447. The molecule has 4 nitrogen and oxygen atoms in total. The maximum absolute atomic E-state index is 12.2. The summed E-state index contributed by atoms with van der Waals surface area (Å²) in [5.74, 6) is 0.339. The van der Waals surface area contributed by atoms with E-state index in [4.69, 9.17) is 10.5 Å². The fourth-order valence-corrected chi connectivity index (χ4v) is 1.74. The van der Waals surface area contributed by atoms with Gasteiger partial charge in [-0.1, -0.05) is 6.07 Å². The Morgan fingerprint density at radius 1 is 1.47 bits per heavy atom. The molecule has 5 heteroatoms. The molecule has 19 heavy (non-hydrogen) atoms. The summed E-state index contributed by atoms with van der Waals surface area (Å²) in [5, 5.41) is 2.91. The van der Waals surface area contributed by atoms with Crippen molar-refractivity contribution in [2.75, 3.05) is 25.1 Å². The molecule has 0 atom stereocenters. The Labute approximate surface area is 119 Å². The van der Waals surface area contributed by atoms with Gasteiger partial charge in [-0.15, -0.1) is 0 Å². The van der Waals surface area contributed by atoms with Gasteiger partial charge in [0.25, 0.3) is 5.91 Å². The normalized spacial score (nSPS) is 11.2. The first-order chi connectivity index (χ1) is 8.91. The van der Waals surface area contributed by atoms with E-state index in [9.17, 15) is 4.79 Å². The lowest BCUT2D eigenvalue weighted by Crippen LogP contribution is -2.36. The topological polar surface area (TPSA) is 64.3 Å². The van der Waals surface area contributed by atoms with Crippen molar-refractivity contribution < 1.29 is 9.53 Å². The molecular weight excluding hydrogens is 260 g/mol. The summed E-state index contributed by atoms with van der Waals surface area (Å²) < 4.78 is 5.44. The fraction of sp³-hybridized carbons (Fsp3) is 0.500. The Balaban J connectivity index is 2.87. The van der Waals surface area contributed by atoms with Crippen molar-refractivity contribution in [3.05, 3.63) is 23.8 Å². The van der Waals surface area contributed by atoms with E-state index in [0.717, 1.165) is 0 Å². The first kappa shape index (κ1) is 15.7. The molecule has 0 saturated heterocycles. The summed E-state index contributed by atoms with van der Waals surface area (Å²) in [4.78, 5) is 12.2. The zero-order valence-corrected chi connectivity index (χ0v) is 12.8. The second kappa shape index (κ2) is 6.70. The number of nitrogens with one attached hydrogen (secondary N) is 1. The highest BCUT2D eigenvalue weighted by molar-refractivity contribution is 7.99. The van der Waals surface area contributed by atoms with Crippen LogP contribution in [0.3, 0.4) is 0 Å². The molecule has 0 fully saturated rings. The number of rotatable bonds is 6. The predicted octanol–water partition coefficient (Wildman–Crippen LogP) is 2.54. The number of thioether (sulfide) groups is 1. The van der Waals surface area contributed by atoms with E-state index >= 15 is 0 Å². The van der Waals surface area contributed by atoms with E-state index in [-0.39, 0.29) is 10.7 Å². The van der Waals surface area contributed by atoms with Gasteiger partial charge in [0, 0.05) is 17.0 Å². The van der Waals surface area contributed by atoms with Crippen molar-refractivity contribution in [2.45, 2.75) is 25.5 Å². The zero-order chi connectivity index (χ0) is 14.5. The lowest BCUT2D eigenvalue weighted by atomic mass is 10.1. The summed E-state index contributed by atoms with van der Waals surface area (Å²) in [6.07, 6.45) is 2.02. The molecule has 0 aliphatic rings. The number of carbonyl (C=O) groups excluding carboxylic acids is 1. The van der Waals surface area contributed by atoms with Gasteiger partial charge in [0.15, 0.2) is 0 Å². The Kier molecular flexibility index (Phi) is 5.54. The van der Waals surface area contributed by atoms with Crippen LogP contribution in [0.1, 0.15) is 31.1 Å². The van der Waals surface area contributed by atoms with Gasteiger partial charge in [0.2, 0.25) is 0 Å². The predicted molar refractivity (Wildman–Crippen MR) is 82.0 cm³/mol. The molecule has 0 aromatic heterocycles. The highest BCUT2D eigenvalue weighted by Gasteiger charge is 2.20. The van der Waals surface area contributed by atoms with Crippen LogP contribution < -0.4 is 15.8 Å². The summed E-state index contributed by atoms with van der Waals surface area (Å²) in [5.41, 5.74) is 6.73. The van der Waals surface area contributed by atoms with Crippen LogP contribution in [0.15, 0.2) is 18.2 Å². The van der Waals surface area contributed by atoms with Gasteiger partial charge in [0.05, 0.1) is 6.61 Å². The molecule has 1 rings (SSSR count). The van der Waals surface area contributed by atoms with Crippen LogP contribution in [0.4, 0.5) is 5.69 Å². The molecule has 0 radical (unpaired) electrons. The number of anilines is 1. The second-order valence-electron chi connectivity index (χ2n) is 4.80. The summed E-state index contributed by atoms with van der Waals surface area (Å²) in [6.45, 7) is 7.11. The van der Waals surface area contributed by atoms with Crippen LogP contribution in [-0.4, -0.2) is 30.1 Å². The monoisotopic (exact) mass is 282 g/mol. The SMILES string of the molecule is CCOc1cccc(N)c1C(=O)NCC(C)(C)SC. The van der Waals surface area contributed by atoms with Crippen LogP contribution in [0, 0.1) is 0 Å². The first-order valence-corrected chi connectivity index (χ1v) is 7.48. The minimum atomic E-state index is -0.191. The molecule has 0 unspecified atom stereocenters. The quantitative estimate of drug-likeness (QED) is 0.787.